The van der Waals surface area contributed by atoms with Gasteiger partial charge >= 0.3 is 0 Å². The average Bonchev–Trinajstić information content (AvgIpc) is 3.20. The quantitative estimate of drug-likeness (QED) is 0.535. The number of anilines is 1. The van der Waals surface area contributed by atoms with E-state index in [1.165, 1.54) is 12.1 Å². The molecule has 4 rings (SSSR count). The van der Waals surface area contributed by atoms with Crippen molar-refractivity contribution < 1.29 is 23.1 Å². The van der Waals surface area contributed by atoms with E-state index in [2.05, 4.69) is 15.3 Å². The first-order valence-corrected chi connectivity index (χ1v) is 11.9. The van der Waals surface area contributed by atoms with Crippen molar-refractivity contribution in [2.45, 2.75) is 64.0 Å². The van der Waals surface area contributed by atoms with E-state index in [4.69, 9.17) is 11.6 Å². The Morgan fingerprint density at radius 1 is 1.24 bits per heavy atom. The van der Waals surface area contributed by atoms with E-state index in [9.17, 15) is 23.1 Å². The smallest absolute Gasteiger partial charge is 0.266 e. The Labute approximate surface area is 201 Å². The summed E-state index contributed by atoms with van der Waals surface area (Å²) in [6, 6.07) is 3.33. The number of hydrogen-bond donors (Lipinski definition) is 2. The Bertz CT molecular complexity index is 1050. The summed E-state index contributed by atoms with van der Waals surface area (Å²) in [6.07, 6.45) is 0.409. The Morgan fingerprint density at radius 3 is 2.65 bits per heavy atom. The van der Waals surface area contributed by atoms with E-state index in [-0.39, 0.29) is 28.8 Å². The minimum atomic E-state index is -2.90. The third-order valence-corrected chi connectivity index (χ3v) is 6.91. The summed E-state index contributed by atoms with van der Waals surface area (Å²) in [5, 5.41) is 12.8. The Hall–Kier alpha value is -2.39. The van der Waals surface area contributed by atoms with Crippen LogP contribution in [0.5, 0.6) is 0 Å². The predicted octanol–water partition coefficient (Wildman–Crippen LogP) is 4.86. The molecule has 2 aliphatic rings. The van der Waals surface area contributed by atoms with Crippen LogP contribution in [0.1, 0.15) is 67.5 Å². The number of alkyl halides is 2. The minimum absolute atomic E-state index is 0.0545. The number of carbonyl (C=O) groups is 1. The summed E-state index contributed by atoms with van der Waals surface area (Å²) in [4.78, 5) is 23.0. The van der Waals surface area contributed by atoms with Crippen LogP contribution < -0.4 is 5.32 Å². The first kappa shape index (κ1) is 24.7. The van der Waals surface area contributed by atoms with Crippen LogP contribution in [0.25, 0.3) is 0 Å². The number of hydrogen-bond acceptors (Lipinski definition) is 5. The molecular weight excluding hydrogens is 469 g/mol. The maximum atomic E-state index is 14.6. The topological polar surface area (TPSA) is 78.4 Å². The van der Waals surface area contributed by atoms with Crippen molar-refractivity contribution in [1.82, 2.24) is 14.9 Å². The zero-order chi connectivity index (χ0) is 24.4. The summed E-state index contributed by atoms with van der Waals surface area (Å²) in [7, 11) is 0. The van der Waals surface area contributed by atoms with E-state index in [0.29, 0.717) is 57.4 Å². The number of likely N-dealkylation sites (tertiary alicyclic amines) is 1. The van der Waals surface area contributed by atoms with Gasteiger partial charge in [0.25, 0.3) is 6.43 Å². The van der Waals surface area contributed by atoms with Crippen molar-refractivity contribution in [2.24, 2.45) is 5.92 Å². The number of benzene rings is 1. The second-order valence-corrected chi connectivity index (χ2v) is 9.45. The van der Waals surface area contributed by atoms with Crippen molar-refractivity contribution >= 4 is 23.3 Å². The molecule has 0 bridgehead atoms. The van der Waals surface area contributed by atoms with Gasteiger partial charge in [0.05, 0.1) is 23.4 Å². The summed E-state index contributed by atoms with van der Waals surface area (Å²) in [5.41, 5.74) is 1.13. The van der Waals surface area contributed by atoms with Crippen molar-refractivity contribution in [3.05, 3.63) is 51.7 Å². The molecule has 1 fully saturated rings. The van der Waals surface area contributed by atoms with Gasteiger partial charge in [0.15, 0.2) is 0 Å². The van der Waals surface area contributed by atoms with Gasteiger partial charge in [-0.15, -0.1) is 0 Å². The summed E-state index contributed by atoms with van der Waals surface area (Å²) < 4.78 is 40.8. The van der Waals surface area contributed by atoms with E-state index in [0.717, 1.165) is 17.3 Å². The third kappa shape index (κ3) is 5.46. The Balaban J connectivity index is 1.42. The molecule has 2 heterocycles. The summed E-state index contributed by atoms with van der Waals surface area (Å²) >= 11 is 6.13. The van der Waals surface area contributed by atoms with Crippen LogP contribution in [0, 0.1) is 11.7 Å². The molecule has 2 N–H and O–H groups in total. The second kappa shape index (κ2) is 10.5. The Morgan fingerprint density at radius 2 is 1.94 bits per heavy atom. The minimum Gasteiger partial charge on any atom is -0.393 e. The monoisotopic (exact) mass is 496 g/mol. The van der Waals surface area contributed by atoms with Gasteiger partial charge in [-0.25, -0.2) is 23.1 Å². The number of fused-ring (bicyclic) bond motifs is 1. The van der Waals surface area contributed by atoms with Crippen LogP contribution >= 0.6 is 11.6 Å². The van der Waals surface area contributed by atoms with E-state index in [1.54, 1.807) is 6.92 Å². The summed E-state index contributed by atoms with van der Waals surface area (Å²) in [5.74, 6) is -0.190. The van der Waals surface area contributed by atoms with Crippen LogP contribution in [-0.2, 0) is 17.6 Å². The molecule has 0 radical (unpaired) electrons. The number of nitrogens with zero attached hydrogens (tertiary/aromatic N) is 3. The molecule has 184 valence electrons. The van der Waals surface area contributed by atoms with Gasteiger partial charge in [0.2, 0.25) is 11.2 Å². The standard InChI is InChI=1S/C24H28ClF3N4O2/c1-13(16-3-2-4-17(21(16)26)22(27)28)29-23-18-11-14(12-19(18)30-24(25)31-23)5-6-20(34)32-9-7-15(33)8-10-32/h2-4,13-15,22,33H,5-12H2,1H3,(H,29,30,31)/t13-,14?/m1/s1. The molecule has 2 aromatic rings. The number of piperidine rings is 1. The molecule has 6 nitrogen and oxygen atoms in total. The number of amides is 1. The third-order valence-electron chi connectivity index (χ3n) is 6.74. The number of aliphatic hydroxyl groups excluding tert-OH is 1. The number of nitrogens with one attached hydrogen (secondary N) is 1. The van der Waals surface area contributed by atoms with Crippen LogP contribution in [0.4, 0.5) is 19.0 Å². The fourth-order valence-electron chi connectivity index (χ4n) is 4.80. The number of carbonyl (C=O) groups excluding carboxylic acids is 1. The molecule has 1 saturated heterocycles. The zero-order valence-corrected chi connectivity index (χ0v) is 19.7. The van der Waals surface area contributed by atoms with Gasteiger partial charge in [-0.2, -0.15) is 0 Å². The fourth-order valence-corrected chi connectivity index (χ4v) is 4.98. The number of halogens is 4. The average molecular weight is 497 g/mol. The highest BCUT2D eigenvalue weighted by molar-refractivity contribution is 6.28. The van der Waals surface area contributed by atoms with Crippen molar-refractivity contribution in [3.63, 3.8) is 0 Å². The second-order valence-electron chi connectivity index (χ2n) is 9.11. The highest BCUT2D eigenvalue weighted by atomic mass is 35.5. The zero-order valence-electron chi connectivity index (χ0n) is 18.9. The molecule has 1 aliphatic heterocycles. The van der Waals surface area contributed by atoms with Crippen molar-refractivity contribution in [1.29, 1.82) is 0 Å². The lowest BCUT2D eigenvalue weighted by Crippen LogP contribution is -2.40. The van der Waals surface area contributed by atoms with Crippen LogP contribution in [0.15, 0.2) is 18.2 Å². The molecule has 1 aromatic carbocycles. The Kier molecular flexibility index (Phi) is 7.62. The lowest BCUT2D eigenvalue weighted by molar-refractivity contribution is -0.133. The molecule has 1 aromatic heterocycles. The lowest BCUT2D eigenvalue weighted by Gasteiger charge is -2.30. The van der Waals surface area contributed by atoms with E-state index < -0.39 is 23.8 Å². The molecule has 1 unspecified atom stereocenters. The molecular formula is C24H28ClF3N4O2. The van der Waals surface area contributed by atoms with E-state index >= 15 is 0 Å². The van der Waals surface area contributed by atoms with Gasteiger partial charge < -0.3 is 15.3 Å². The van der Waals surface area contributed by atoms with Crippen LogP contribution in [0.2, 0.25) is 5.28 Å². The maximum absolute atomic E-state index is 14.6. The van der Waals surface area contributed by atoms with Crippen molar-refractivity contribution in [3.8, 4) is 0 Å². The lowest BCUT2D eigenvalue weighted by atomic mass is 9.99. The largest absolute Gasteiger partial charge is 0.393 e. The number of aliphatic hydroxyl groups is 1. The molecule has 2 atom stereocenters. The molecule has 1 amide bonds. The molecule has 10 heteroatoms. The SMILES string of the molecule is C[C@@H](Nc1nc(Cl)nc2c1CC(CCC(=O)N1CCC(O)CC1)C2)c1cccc(C(F)F)c1F. The van der Waals surface area contributed by atoms with Crippen molar-refractivity contribution in [2.75, 3.05) is 18.4 Å². The normalized spacial score (nSPS) is 19.4. The van der Waals surface area contributed by atoms with Gasteiger partial charge in [-0.05, 0) is 56.5 Å². The van der Waals surface area contributed by atoms with Gasteiger partial charge in [-0.3, -0.25) is 4.79 Å². The first-order valence-electron chi connectivity index (χ1n) is 11.6. The molecule has 1 aliphatic carbocycles. The first-order chi connectivity index (χ1) is 16.2. The number of rotatable bonds is 7. The number of aromatic nitrogens is 2. The van der Waals surface area contributed by atoms with E-state index in [1.807, 2.05) is 4.90 Å². The van der Waals surface area contributed by atoms with Gasteiger partial charge in [0, 0.05) is 30.6 Å². The molecule has 0 spiro atoms. The maximum Gasteiger partial charge on any atom is 0.266 e. The molecule has 34 heavy (non-hydrogen) atoms. The van der Waals surface area contributed by atoms with Gasteiger partial charge in [-0.1, -0.05) is 18.2 Å². The predicted molar refractivity (Wildman–Crippen MR) is 122 cm³/mol. The fraction of sp³-hybridized carbons (Fsp3) is 0.542. The molecule has 0 saturated carbocycles. The summed E-state index contributed by atoms with van der Waals surface area (Å²) in [6.45, 7) is 2.85. The van der Waals surface area contributed by atoms with Gasteiger partial charge in [0.1, 0.15) is 11.6 Å². The van der Waals surface area contributed by atoms with Crippen LogP contribution in [0.3, 0.4) is 0 Å². The van der Waals surface area contributed by atoms with Crippen LogP contribution in [-0.4, -0.2) is 45.1 Å². The highest BCUT2D eigenvalue weighted by Gasteiger charge is 2.30. The highest BCUT2D eigenvalue weighted by Crippen LogP contribution is 2.36.